The third kappa shape index (κ3) is 4.88. The van der Waals surface area contributed by atoms with E-state index in [1.165, 1.54) is 5.56 Å². The first-order chi connectivity index (χ1) is 17.0. The third-order valence-corrected chi connectivity index (χ3v) is 6.75. The van der Waals surface area contributed by atoms with E-state index < -0.39 is 0 Å². The minimum absolute atomic E-state index is 0.138. The van der Waals surface area contributed by atoms with Gasteiger partial charge in [0.2, 0.25) is 0 Å². The molecule has 1 atom stereocenters. The molecule has 1 fully saturated rings. The smallest absolute Gasteiger partial charge is 0.255 e. The maximum absolute atomic E-state index is 13.3. The Bertz CT molecular complexity index is 1300. The average Bonchev–Trinajstić information content (AvgIpc) is 3.23. The maximum Gasteiger partial charge on any atom is 0.255 e. The summed E-state index contributed by atoms with van der Waals surface area (Å²) in [5.74, 6) is 1.07. The first-order valence-electron chi connectivity index (χ1n) is 12.3. The molecule has 1 aliphatic rings. The zero-order valence-electron chi connectivity index (χ0n) is 20.6. The highest BCUT2D eigenvalue weighted by atomic mass is 16.5. The number of furan rings is 1. The summed E-state index contributed by atoms with van der Waals surface area (Å²) in [4.78, 5) is 15.7. The van der Waals surface area contributed by atoms with Gasteiger partial charge in [-0.05, 0) is 48.2 Å². The van der Waals surface area contributed by atoms with Gasteiger partial charge in [0.05, 0.1) is 24.9 Å². The summed E-state index contributed by atoms with van der Waals surface area (Å²) >= 11 is 0. The molecule has 0 saturated carbocycles. The highest BCUT2D eigenvalue weighted by Gasteiger charge is 2.31. The number of carbonyl (C=O) groups excluding carboxylic acids is 1. The molecule has 1 amide bonds. The van der Waals surface area contributed by atoms with Crippen molar-refractivity contribution in [1.82, 2.24) is 4.90 Å². The molecule has 1 N–H and O–H groups in total. The number of para-hydroxylation sites is 1. The van der Waals surface area contributed by atoms with E-state index in [2.05, 4.69) is 48.3 Å². The van der Waals surface area contributed by atoms with Crippen LogP contribution in [-0.2, 0) is 4.74 Å². The number of nitrogens with one attached hydrogen (secondary N) is 1. The van der Waals surface area contributed by atoms with Crippen LogP contribution in [-0.4, -0.2) is 37.1 Å². The summed E-state index contributed by atoms with van der Waals surface area (Å²) in [7, 11) is 0. The lowest BCUT2D eigenvalue weighted by Gasteiger charge is -2.34. The first kappa shape index (κ1) is 23.3. The van der Waals surface area contributed by atoms with Crippen LogP contribution in [0.15, 0.2) is 77.2 Å². The highest BCUT2D eigenvalue weighted by molar-refractivity contribution is 6.09. The van der Waals surface area contributed by atoms with Crippen LogP contribution < -0.4 is 5.32 Å². The quantitative estimate of drug-likeness (QED) is 0.349. The van der Waals surface area contributed by atoms with Crippen LogP contribution in [0.1, 0.15) is 58.6 Å². The lowest BCUT2D eigenvalue weighted by atomic mass is 9.96. The fraction of sp³-hybridized carbons (Fsp3) is 0.300. The summed E-state index contributed by atoms with van der Waals surface area (Å²) < 4.78 is 12.2. The summed E-state index contributed by atoms with van der Waals surface area (Å²) in [6.45, 7) is 9.34. The van der Waals surface area contributed by atoms with E-state index in [0.717, 1.165) is 46.6 Å². The van der Waals surface area contributed by atoms with Gasteiger partial charge < -0.3 is 14.5 Å². The monoisotopic (exact) mass is 468 g/mol. The Morgan fingerprint density at radius 2 is 1.54 bits per heavy atom. The van der Waals surface area contributed by atoms with Crippen molar-refractivity contribution in [2.45, 2.75) is 32.7 Å². The zero-order chi connectivity index (χ0) is 24.4. The number of morpholine rings is 1. The fourth-order valence-electron chi connectivity index (χ4n) is 4.70. The second-order valence-corrected chi connectivity index (χ2v) is 9.53. The molecule has 0 aliphatic carbocycles. The molecule has 180 valence electrons. The first-order valence-corrected chi connectivity index (χ1v) is 12.3. The molecular weight excluding hydrogens is 436 g/mol. The zero-order valence-corrected chi connectivity index (χ0v) is 20.6. The largest absolute Gasteiger partial charge is 0.457 e. The maximum atomic E-state index is 13.3. The number of aryl methyl sites for hydroxylation is 1. The minimum atomic E-state index is -0.145. The number of ether oxygens (including phenoxy) is 1. The van der Waals surface area contributed by atoms with Crippen LogP contribution >= 0.6 is 0 Å². The molecule has 5 nitrogen and oxygen atoms in total. The van der Waals surface area contributed by atoms with E-state index in [4.69, 9.17) is 9.15 Å². The fourth-order valence-corrected chi connectivity index (χ4v) is 4.70. The Kier molecular flexibility index (Phi) is 6.71. The number of fused-ring (bicyclic) bond motifs is 1. The van der Waals surface area contributed by atoms with Crippen LogP contribution in [0.4, 0.5) is 5.69 Å². The summed E-state index contributed by atoms with van der Waals surface area (Å²) in [5.41, 5.74) is 5.67. The molecule has 2 heterocycles. The van der Waals surface area contributed by atoms with Crippen molar-refractivity contribution in [1.29, 1.82) is 0 Å². The Labute approximate surface area is 206 Å². The Hall–Kier alpha value is -3.41. The van der Waals surface area contributed by atoms with Crippen LogP contribution in [0.3, 0.4) is 0 Å². The van der Waals surface area contributed by atoms with E-state index >= 15 is 0 Å². The summed E-state index contributed by atoms with van der Waals surface area (Å²) in [6, 6.07) is 24.2. The standard InChI is InChI=1S/C30H32N2O3/c1-20(2)22-12-14-23(15-13-22)28(32-16-18-34-19-17-32)29-27(25-6-4-5-7-26(25)35-29)31-30(33)24-10-8-21(3)9-11-24/h4-15,20,28H,16-19H2,1-3H3,(H,31,33)/t28-/m0/s1. The van der Waals surface area contributed by atoms with Crippen molar-refractivity contribution in [2.24, 2.45) is 0 Å². The van der Waals surface area contributed by atoms with Gasteiger partial charge in [-0.2, -0.15) is 0 Å². The predicted molar refractivity (Wildman–Crippen MR) is 140 cm³/mol. The van der Waals surface area contributed by atoms with Gasteiger partial charge in [0.15, 0.2) is 0 Å². The van der Waals surface area contributed by atoms with Crippen LogP contribution in [0.5, 0.6) is 0 Å². The van der Waals surface area contributed by atoms with Gasteiger partial charge in [0.25, 0.3) is 5.91 Å². The van der Waals surface area contributed by atoms with E-state index in [0.29, 0.717) is 24.7 Å². The molecule has 1 aromatic heterocycles. The van der Waals surface area contributed by atoms with Gasteiger partial charge in [-0.1, -0.05) is 67.9 Å². The lowest BCUT2D eigenvalue weighted by Crippen LogP contribution is -2.39. The number of rotatable bonds is 6. The van der Waals surface area contributed by atoms with E-state index in [9.17, 15) is 4.79 Å². The molecule has 5 rings (SSSR count). The lowest BCUT2D eigenvalue weighted by molar-refractivity contribution is 0.0206. The van der Waals surface area contributed by atoms with Gasteiger partial charge in [-0.25, -0.2) is 0 Å². The number of hydrogen-bond donors (Lipinski definition) is 1. The highest BCUT2D eigenvalue weighted by Crippen LogP contribution is 2.41. The van der Waals surface area contributed by atoms with Crippen molar-refractivity contribution in [3.05, 3.63) is 101 Å². The number of amides is 1. The topological polar surface area (TPSA) is 54.7 Å². The minimum Gasteiger partial charge on any atom is -0.457 e. The van der Waals surface area contributed by atoms with Gasteiger partial charge >= 0.3 is 0 Å². The van der Waals surface area contributed by atoms with Gasteiger partial charge in [0, 0.05) is 24.0 Å². The third-order valence-electron chi connectivity index (χ3n) is 6.75. The molecule has 5 heteroatoms. The Morgan fingerprint density at radius 3 is 2.23 bits per heavy atom. The Morgan fingerprint density at radius 1 is 0.886 bits per heavy atom. The molecule has 0 radical (unpaired) electrons. The predicted octanol–water partition coefficient (Wildman–Crippen LogP) is 6.54. The number of anilines is 1. The average molecular weight is 469 g/mol. The van der Waals surface area contributed by atoms with Gasteiger partial charge in [-0.15, -0.1) is 0 Å². The van der Waals surface area contributed by atoms with Gasteiger partial charge in [-0.3, -0.25) is 9.69 Å². The van der Waals surface area contributed by atoms with Gasteiger partial charge in [0.1, 0.15) is 11.3 Å². The Balaban J connectivity index is 1.61. The van der Waals surface area contributed by atoms with Crippen molar-refractivity contribution >= 4 is 22.6 Å². The number of carbonyl (C=O) groups is 1. The van der Waals surface area contributed by atoms with Crippen molar-refractivity contribution < 1.29 is 13.9 Å². The van der Waals surface area contributed by atoms with E-state index in [1.807, 2.05) is 55.5 Å². The second kappa shape index (κ2) is 10.1. The van der Waals surface area contributed by atoms with E-state index in [1.54, 1.807) is 0 Å². The van der Waals surface area contributed by atoms with Crippen LogP contribution in [0, 0.1) is 6.92 Å². The molecule has 1 saturated heterocycles. The van der Waals surface area contributed by atoms with Crippen molar-refractivity contribution in [2.75, 3.05) is 31.6 Å². The van der Waals surface area contributed by atoms with Crippen LogP contribution in [0.2, 0.25) is 0 Å². The normalized spacial score (nSPS) is 15.4. The SMILES string of the molecule is Cc1ccc(C(=O)Nc2c([C@H](c3ccc(C(C)C)cc3)N3CCOCC3)oc3ccccc23)cc1. The molecule has 0 unspecified atom stereocenters. The summed E-state index contributed by atoms with van der Waals surface area (Å²) in [6.07, 6.45) is 0. The van der Waals surface area contributed by atoms with Crippen LogP contribution in [0.25, 0.3) is 11.0 Å². The number of nitrogens with zero attached hydrogens (tertiary/aromatic N) is 1. The summed E-state index contributed by atoms with van der Waals surface area (Å²) in [5, 5.41) is 4.10. The molecule has 4 aromatic rings. The molecule has 1 aliphatic heterocycles. The number of hydrogen-bond acceptors (Lipinski definition) is 4. The molecule has 0 bridgehead atoms. The molecular formula is C30H32N2O3. The molecule has 3 aromatic carbocycles. The molecule has 35 heavy (non-hydrogen) atoms. The second-order valence-electron chi connectivity index (χ2n) is 9.53. The van der Waals surface area contributed by atoms with Crippen molar-refractivity contribution in [3.63, 3.8) is 0 Å². The van der Waals surface area contributed by atoms with E-state index in [-0.39, 0.29) is 11.9 Å². The molecule has 0 spiro atoms. The number of benzene rings is 3. The van der Waals surface area contributed by atoms with Crippen molar-refractivity contribution in [3.8, 4) is 0 Å².